The van der Waals surface area contributed by atoms with E-state index in [1.54, 1.807) is 11.4 Å². The van der Waals surface area contributed by atoms with Crippen molar-refractivity contribution < 1.29 is 13.2 Å². The molecule has 0 saturated carbocycles. The highest BCUT2D eigenvalue weighted by Gasteiger charge is 2.24. The Morgan fingerprint density at radius 1 is 1.21 bits per heavy atom. The third-order valence-corrected chi connectivity index (χ3v) is 6.06. The van der Waals surface area contributed by atoms with Crippen LogP contribution in [0, 0.1) is 5.92 Å². The first-order chi connectivity index (χ1) is 12.9. The molecule has 0 aromatic heterocycles. The lowest BCUT2D eigenvalue weighted by Crippen LogP contribution is -2.40. The van der Waals surface area contributed by atoms with Gasteiger partial charge >= 0.3 is 0 Å². The zero-order chi connectivity index (χ0) is 19.7. The number of ether oxygens (including phenoxy) is 1. The van der Waals surface area contributed by atoms with Gasteiger partial charge in [0.1, 0.15) is 5.75 Å². The Hall–Kier alpha value is -1.07. The molecule has 2 rings (SSSR count). The molecular formula is C19H33IN4O3S. The number of nitrogens with zero attached hydrogens (tertiary/aromatic N) is 2. The minimum atomic E-state index is -3.07. The first-order valence-electron chi connectivity index (χ1n) is 9.52. The normalized spacial score (nSPS) is 16.3. The zero-order valence-corrected chi connectivity index (χ0v) is 20.1. The van der Waals surface area contributed by atoms with Gasteiger partial charge in [-0.2, -0.15) is 0 Å². The highest BCUT2D eigenvalue weighted by molar-refractivity contribution is 14.0. The van der Waals surface area contributed by atoms with E-state index in [2.05, 4.69) is 27.8 Å². The van der Waals surface area contributed by atoms with Crippen molar-refractivity contribution in [2.75, 3.05) is 46.1 Å². The summed E-state index contributed by atoms with van der Waals surface area (Å²) in [6.07, 6.45) is 3.91. The summed E-state index contributed by atoms with van der Waals surface area (Å²) in [6, 6.07) is 8.08. The van der Waals surface area contributed by atoms with Gasteiger partial charge in [0, 0.05) is 32.7 Å². The average molecular weight is 524 g/mol. The maximum absolute atomic E-state index is 11.6. The van der Waals surface area contributed by atoms with Crippen LogP contribution in [-0.2, 0) is 16.4 Å². The Labute approximate surface area is 186 Å². The van der Waals surface area contributed by atoms with Gasteiger partial charge in [-0.3, -0.25) is 4.99 Å². The SMILES string of the molecule is CCNC(=NCC1CCN(S(C)(=O)=O)CC1)NCCc1ccc(OC)cc1.I. The number of hydrogen-bond acceptors (Lipinski definition) is 4. The van der Waals surface area contributed by atoms with Gasteiger partial charge in [-0.15, -0.1) is 24.0 Å². The molecular weight excluding hydrogens is 491 g/mol. The van der Waals surface area contributed by atoms with E-state index in [0.29, 0.717) is 19.0 Å². The van der Waals surface area contributed by atoms with Crippen LogP contribution in [0.1, 0.15) is 25.3 Å². The van der Waals surface area contributed by atoms with Crippen LogP contribution in [0.15, 0.2) is 29.3 Å². The van der Waals surface area contributed by atoms with Crippen molar-refractivity contribution in [2.45, 2.75) is 26.2 Å². The Balaban J connectivity index is 0.00000392. The Bertz CT molecular complexity index is 702. The number of aliphatic imine (C=N–C) groups is 1. The van der Waals surface area contributed by atoms with Gasteiger partial charge in [0.15, 0.2) is 5.96 Å². The number of guanidine groups is 1. The van der Waals surface area contributed by atoms with Gasteiger partial charge in [-0.05, 0) is 49.8 Å². The van der Waals surface area contributed by atoms with Gasteiger partial charge in [0.2, 0.25) is 10.0 Å². The van der Waals surface area contributed by atoms with Gasteiger partial charge in [0.05, 0.1) is 13.4 Å². The Morgan fingerprint density at radius 2 is 1.86 bits per heavy atom. The summed E-state index contributed by atoms with van der Waals surface area (Å²) in [5, 5.41) is 6.64. The third-order valence-electron chi connectivity index (χ3n) is 4.76. The van der Waals surface area contributed by atoms with Crippen molar-refractivity contribution in [3.05, 3.63) is 29.8 Å². The van der Waals surface area contributed by atoms with Crippen molar-refractivity contribution in [3.8, 4) is 5.75 Å². The number of halogens is 1. The first kappa shape index (κ1) is 25.0. The summed E-state index contributed by atoms with van der Waals surface area (Å²) in [5.41, 5.74) is 1.24. The fourth-order valence-electron chi connectivity index (χ4n) is 3.10. The van der Waals surface area contributed by atoms with Crippen molar-refractivity contribution in [3.63, 3.8) is 0 Å². The predicted octanol–water partition coefficient (Wildman–Crippen LogP) is 2.08. The van der Waals surface area contributed by atoms with Crippen LogP contribution in [0.2, 0.25) is 0 Å². The molecule has 7 nitrogen and oxygen atoms in total. The van der Waals surface area contributed by atoms with E-state index in [1.807, 2.05) is 19.1 Å². The fourth-order valence-corrected chi connectivity index (χ4v) is 3.98. The van der Waals surface area contributed by atoms with Crippen molar-refractivity contribution in [1.82, 2.24) is 14.9 Å². The summed E-state index contributed by atoms with van der Waals surface area (Å²) in [4.78, 5) is 4.69. The van der Waals surface area contributed by atoms with Crippen LogP contribution < -0.4 is 15.4 Å². The molecule has 1 aliphatic heterocycles. The molecule has 1 aliphatic rings. The topological polar surface area (TPSA) is 83.0 Å². The van der Waals surface area contributed by atoms with Crippen LogP contribution in [-0.4, -0.2) is 64.8 Å². The van der Waals surface area contributed by atoms with E-state index in [1.165, 1.54) is 11.8 Å². The molecule has 1 fully saturated rings. The molecule has 0 unspecified atom stereocenters. The molecule has 1 saturated heterocycles. The lowest BCUT2D eigenvalue weighted by atomic mass is 9.98. The summed E-state index contributed by atoms with van der Waals surface area (Å²) < 4.78 is 29.9. The van der Waals surface area contributed by atoms with E-state index in [-0.39, 0.29) is 24.0 Å². The second-order valence-corrected chi connectivity index (χ2v) is 8.83. The number of rotatable bonds is 8. The second-order valence-electron chi connectivity index (χ2n) is 6.85. The lowest BCUT2D eigenvalue weighted by Gasteiger charge is -2.29. The standard InChI is InChI=1S/C19H32N4O3S.HI/c1-4-20-19(21-12-9-16-5-7-18(26-2)8-6-16)22-15-17-10-13-23(14-11-17)27(3,24)25;/h5-8,17H,4,9-15H2,1-3H3,(H2,20,21,22);1H. The quantitative estimate of drug-likeness (QED) is 0.309. The minimum absolute atomic E-state index is 0. The summed E-state index contributed by atoms with van der Waals surface area (Å²) in [6.45, 7) is 5.56. The van der Waals surface area contributed by atoms with Crippen LogP contribution in [0.4, 0.5) is 0 Å². The molecule has 0 amide bonds. The maximum atomic E-state index is 11.6. The second kappa shape index (κ2) is 12.5. The van der Waals surface area contributed by atoms with Crippen molar-refractivity contribution >= 4 is 40.0 Å². The van der Waals surface area contributed by atoms with Gasteiger partial charge in [-0.1, -0.05) is 12.1 Å². The molecule has 0 atom stereocenters. The molecule has 160 valence electrons. The molecule has 1 heterocycles. The van der Waals surface area contributed by atoms with Crippen molar-refractivity contribution in [1.29, 1.82) is 0 Å². The highest BCUT2D eigenvalue weighted by atomic mass is 127. The van der Waals surface area contributed by atoms with Crippen molar-refractivity contribution in [2.24, 2.45) is 10.9 Å². The van der Waals surface area contributed by atoms with Gasteiger partial charge in [-0.25, -0.2) is 12.7 Å². The lowest BCUT2D eigenvalue weighted by molar-refractivity contribution is 0.280. The summed E-state index contributed by atoms with van der Waals surface area (Å²) in [7, 11) is -1.40. The number of hydrogen-bond donors (Lipinski definition) is 2. The molecule has 1 aromatic rings. The zero-order valence-electron chi connectivity index (χ0n) is 17.0. The molecule has 0 aliphatic carbocycles. The van der Waals surface area contributed by atoms with E-state index < -0.39 is 10.0 Å². The fraction of sp³-hybridized carbons (Fsp3) is 0.632. The number of piperidine rings is 1. The van der Waals surface area contributed by atoms with E-state index in [4.69, 9.17) is 4.74 Å². The molecule has 0 bridgehead atoms. The van der Waals surface area contributed by atoms with Crippen LogP contribution in [0.5, 0.6) is 5.75 Å². The van der Waals surface area contributed by atoms with Crippen LogP contribution in [0.3, 0.4) is 0 Å². The Kier molecular flexibility index (Phi) is 11.1. The predicted molar refractivity (Wildman–Crippen MR) is 125 cm³/mol. The summed E-state index contributed by atoms with van der Waals surface area (Å²) >= 11 is 0. The van der Waals surface area contributed by atoms with E-state index >= 15 is 0 Å². The number of sulfonamides is 1. The number of nitrogens with one attached hydrogen (secondary N) is 2. The smallest absolute Gasteiger partial charge is 0.211 e. The monoisotopic (exact) mass is 524 g/mol. The molecule has 28 heavy (non-hydrogen) atoms. The molecule has 9 heteroatoms. The summed E-state index contributed by atoms with van der Waals surface area (Å²) in [5.74, 6) is 2.11. The average Bonchev–Trinajstić information content (AvgIpc) is 2.66. The number of methoxy groups -OCH3 is 1. The molecule has 2 N–H and O–H groups in total. The first-order valence-corrected chi connectivity index (χ1v) is 11.4. The molecule has 0 spiro atoms. The Morgan fingerprint density at radius 3 is 2.39 bits per heavy atom. The van der Waals surface area contributed by atoms with Gasteiger partial charge in [0.25, 0.3) is 0 Å². The largest absolute Gasteiger partial charge is 0.497 e. The van der Waals surface area contributed by atoms with Crippen LogP contribution in [0.25, 0.3) is 0 Å². The van der Waals surface area contributed by atoms with E-state index in [0.717, 1.165) is 50.6 Å². The van der Waals surface area contributed by atoms with E-state index in [9.17, 15) is 8.42 Å². The maximum Gasteiger partial charge on any atom is 0.211 e. The van der Waals surface area contributed by atoms with Gasteiger partial charge < -0.3 is 15.4 Å². The minimum Gasteiger partial charge on any atom is -0.497 e. The third kappa shape index (κ3) is 8.52. The molecule has 1 aromatic carbocycles. The highest BCUT2D eigenvalue weighted by Crippen LogP contribution is 2.19. The molecule has 0 radical (unpaired) electrons. The number of benzene rings is 1. The van der Waals surface area contributed by atoms with Crippen LogP contribution >= 0.6 is 24.0 Å².